The number of amides is 1. The molecule has 1 aromatic rings. The van der Waals surface area contributed by atoms with Crippen molar-refractivity contribution >= 4 is 21.9 Å². The molecule has 0 aliphatic heterocycles. The predicted octanol–water partition coefficient (Wildman–Crippen LogP) is 3.05. The van der Waals surface area contributed by atoms with Crippen LogP contribution in [0.2, 0.25) is 0 Å². The fourth-order valence-corrected chi connectivity index (χ4v) is 4.26. The van der Waals surface area contributed by atoms with Crippen LogP contribution in [0.25, 0.3) is 0 Å². The average Bonchev–Trinajstić information content (AvgIpc) is 2.70. The molecule has 1 amide bonds. The molecular formula is C21H32N2O5S. The van der Waals surface area contributed by atoms with Gasteiger partial charge in [0.2, 0.25) is 10.0 Å². The van der Waals surface area contributed by atoms with Crippen molar-refractivity contribution in [3.05, 3.63) is 29.8 Å². The number of esters is 1. The molecule has 0 heterocycles. The Labute approximate surface area is 173 Å². The zero-order chi connectivity index (χ0) is 21.4. The number of carbonyl (C=O) groups excluding carboxylic acids is 2. The van der Waals surface area contributed by atoms with Gasteiger partial charge in [0.1, 0.15) is 0 Å². The lowest BCUT2D eigenvalue weighted by Gasteiger charge is -2.27. The average molecular weight is 425 g/mol. The number of ether oxygens (including phenoxy) is 1. The summed E-state index contributed by atoms with van der Waals surface area (Å²) in [5.41, 5.74) is 0.725. The van der Waals surface area contributed by atoms with Crippen LogP contribution in [0.15, 0.2) is 29.2 Å². The highest BCUT2D eigenvalue weighted by molar-refractivity contribution is 7.89. The lowest BCUT2D eigenvalue weighted by atomic mass is 9.80. The summed E-state index contributed by atoms with van der Waals surface area (Å²) in [5.74, 6) is -0.0788. The molecule has 29 heavy (non-hydrogen) atoms. The second-order valence-corrected chi connectivity index (χ2v) is 9.43. The number of hydrogen-bond acceptors (Lipinski definition) is 5. The molecule has 2 rings (SSSR count). The molecule has 0 spiro atoms. The molecule has 0 bridgehead atoms. The topological polar surface area (TPSA) is 116 Å². The minimum atomic E-state index is -3.75. The summed E-state index contributed by atoms with van der Waals surface area (Å²) in [4.78, 5) is 24.4. The minimum Gasteiger partial charge on any atom is -0.455 e. The first kappa shape index (κ1) is 23.3. The molecule has 7 nitrogen and oxygen atoms in total. The highest BCUT2D eigenvalue weighted by atomic mass is 32.2. The summed E-state index contributed by atoms with van der Waals surface area (Å²) in [6.45, 7) is 3.64. The molecule has 162 valence electrons. The largest absolute Gasteiger partial charge is 0.455 e. The molecule has 1 saturated carbocycles. The van der Waals surface area contributed by atoms with Gasteiger partial charge in [-0.2, -0.15) is 0 Å². The molecule has 1 aromatic carbocycles. The zero-order valence-corrected chi connectivity index (χ0v) is 18.0. The van der Waals surface area contributed by atoms with Crippen LogP contribution < -0.4 is 10.5 Å². The Bertz CT molecular complexity index is 784. The van der Waals surface area contributed by atoms with Gasteiger partial charge >= 0.3 is 5.97 Å². The Morgan fingerprint density at radius 2 is 1.79 bits per heavy atom. The number of benzene rings is 1. The number of carbonyl (C=O) groups is 2. The Morgan fingerprint density at radius 1 is 1.17 bits per heavy atom. The van der Waals surface area contributed by atoms with E-state index < -0.39 is 15.9 Å². The molecule has 1 atom stereocenters. The Kier molecular flexibility index (Phi) is 8.64. The minimum absolute atomic E-state index is 0.0121. The summed E-state index contributed by atoms with van der Waals surface area (Å²) in [6.07, 6.45) is 7.45. The maximum atomic E-state index is 12.2. The maximum Gasteiger partial charge on any atom is 0.309 e. The van der Waals surface area contributed by atoms with Crippen molar-refractivity contribution in [1.29, 1.82) is 0 Å². The van der Waals surface area contributed by atoms with E-state index in [0.29, 0.717) is 5.92 Å². The van der Waals surface area contributed by atoms with Gasteiger partial charge in [-0.15, -0.1) is 0 Å². The number of nitrogens with one attached hydrogen (secondary N) is 1. The van der Waals surface area contributed by atoms with Crippen molar-refractivity contribution in [2.45, 2.75) is 69.7 Å². The molecule has 8 heteroatoms. The van der Waals surface area contributed by atoms with Gasteiger partial charge in [-0.05, 0) is 56.2 Å². The maximum absolute atomic E-state index is 12.2. The van der Waals surface area contributed by atoms with Crippen LogP contribution in [0.1, 0.15) is 70.4 Å². The third kappa shape index (κ3) is 7.44. The lowest BCUT2D eigenvalue weighted by molar-refractivity contribution is -0.154. The molecule has 0 radical (unpaired) electrons. The van der Waals surface area contributed by atoms with E-state index in [-0.39, 0.29) is 29.4 Å². The van der Waals surface area contributed by atoms with Crippen molar-refractivity contribution < 1.29 is 22.7 Å². The number of unbranched alkanes of at least 4 members (excludes halogenated alkanes) is 1. The summed E-state index contributed by atoms with van der Waals surface area (Å²) in [7, 11) is -3.75. The van der Waals surface area contributed by atoms with E-state index >= 15 is 0 Å². The Morgan fingerprint density at radius 3 is 2.34 bits per heavy atom. The number of nitrogens with two attached hydrogens (primary N) is 1. The highest BCUT2D eigenvalue weighted by Crippen LogP contribution is 2.32. The standard InChI is InChI=1S/C21H32N2O5S/c1-3-4-5-16-6-8-18(9-7-16)21(25)28-14-20(24)23-15(2)17-10-12-19(13-11-17)29(22,26)27/h10-13,15-16,18H,3-9,14H2,1-2H3,(H,23,24)(H2,22,26,27)/t15-,16?,18?/m1/s1. The highest BCUT2D eigenvalue weighted by Gasteiger charge is 2.27. The number of hydrogen-bond donors (Lipinski definition) is 2. The summed E-state index contributed by atoms with van der Waals surface area (Å²) in [6, 6.07) is 5.61. The van der Waals surface area contributed by atoms with Gasteiger partial charge in [-0.1, -0.05) is 38.3 Å². The number of sulfonamides is 1. The van der Waals surface area contributed by atoms with E-state index in [1.807, 2.05) is 0 Å². The fraction of sp³-hybridized carbons (Fsp3) is 0.619. The van der Waals surface area contributed by atoms with Crippen LogP contribution in [-0.2, 0) is 24.3 Å². The summed E-state index contributed by atoms with van der Waals surface area (Å²) >= 11 is 0. The van der Waals surface area contributed by atoms with Crippen molar-refractivity contribution in [3.8, 4) is 0 Å². The van der Waals surface area contributed by atoms with Crippen LogP contribution in [0.4, 0.5) is 0 Å². The quantitative estimate of drug-likeness (QED) is 0.591. The van der Waals surface area contributed by atoms with E-state index in [1.54, 1.807) is 19.1 Å². The first-order valence-corrected chi connectivity index (χ1v) is 11.8. The second-order valence-electron chi connectivity index (χ2n) is 7.87. The van der Waals surface area contributed by atoms with E-state index in [1.165, 1.54) is 31.4 Å². The molecule has 1 aliphatic carbocycles. The normalized spacial score (nSPS) is 20.7. The van der Waals surface area contributed by atoms with Gasteiger partial charge in [0.15, 0.2) is 6.61 Å². The molecule has 1 aliphatic rings. The van der Waals surface area contributed by atoms with Gasteiger partial charge < -0.3 is 10.1 Å². The number of rotatable bonds is 9. The van der Waals surface area contributed by atoms with Gasteiger partial charge in [0, 0.05) is 0 Å². The van der Waals surface area contributed by atoms with Crippen LogP contribution in [-0.4, -0.2) is 26.9 Å². The van der Waals surface area contributed by atoms with Gasteiger partial charge in [-0.25, -0.2) is 13.6 Å². The summed E-state index contributed by atoms with van der Waals surface area (Å²) < 4.78 is 27.8. The third-order valence-electron chi connectivity index (χ3n) is 5.58. The molecule has 0 aromatic heterocycles. The molecular weight excluding hydrogens is 392 g/mol. The van der Waals surface area contributed by atoms with Gasteiger partial charge in [0.25, 0.3) is 5.91 Å². The third-order valence-corrected chi connectivity index (χ3v) is 6.51. The van der Waals surface area contributed by atoms with Crippen LogP contribution >= 0.6 is 0 Å². The number of primary sulfonamides is 1. The van der Waals surface area contributed by atoms with Crippen molar-refractivity contribution in [3.63, 3.8) is 0 Å². The van der Waals surface area contributed by atoms with Crippen LogP contribution in [0, 0.1) is 11.8 Å². The Balaban J connectivity index is 1.74. The lowest BCUT2D eigenvalue weighted by Crippen LogP contribution is -2.33. The smallest absolute Gasteiger partial charge is 0.309 e. The SMILES string of the molecule is CCCCC1CCC(C(=O)OCC(=O)N[C@H](C)c2ccc(S(N)(=O)=O)cc2)CC1. The molecule has 0 unspecified atom stereocenters. The van der Waals surface area contributed by atoms with Crippen LogP contribution in [0.3, 0.4) is 0 Å². The van der Waals surface area contributed by atoms with Gasteiger partial charge in [-0.3, -0.25) is 9.59 Å². The monoisotopic (exact) mass is 424 g/mol. The molecule has 3 N–H and O–H groups in total. The fourth-order valence-electron chi connectivity index (χ4n) is 3.75. The molecule has 0 saturated heterocycles. The van der Waals surface area contributed by atoms with E-state index in [0.717, 1.165) is 31.2 Å². The van der Waals surface area contributed by atoms with E-state index in [2.05, 4.69) is 12.2 Å². The van der Waals surface area contributed by atoms with E-state index in [9.17, 15) is 18.0 Å². The van der Waals surface area contributed by atoms with Crippen LogP contribution in [0.5, 0.6) is 0 Å². The first-order chi connectivity index (χ1) is 13.7. The van der Waals surface area contributed by atoms with Crippen molar-refractivity contribution in [2.75, 3.05) is 6.61 Å². The zero-order valence-electron chi connectivity index (χ0n) is 17.2. The first-order valence-electron chi connectivity index (χ1n) is 10.3. The van der Waals surface area contributed by atoms with Gasteiger partial charge in [0.05, 0.1) is 16.9 Å². The van der Waals surface area contributed by atoms with Crippen molar-refractivity contribution in [2.24, 2.45) is 17.0 Å². The predicted molar refractivity (Wildman–Crippen MR) is 110 cm³/mol. The van der Waals surface area contributed by atoms with E-state index in [4.69, 9.17) is 9.88 Å². The van der Waals surface area contributed by atoms with Crippen molar-refractivity contribution in [1.82, 2.24) is 5.32 Å². The summed E-state index contributed by atoms with van der Waals surface area (Å²) in [5, 5.41) is 7.82. The Hall–Kier alpha value is -1.93. The molecule has 1 fully saturated rings. The second kappa shape index (κ2) is 10.7.